The van der Waals surface area contributed by atoms with Crippen LogP contribution in [-0.2, 0) is 0 Å². The number of nitrogens with one attached hydrogen (secondary N) is 2. The Hall–Kier alpha value is -0.770. The zero-order valence-corrected chi connectivity index (χ0v) is 14.0. The quantitative estimate of drug-likeness (QED) is 0.605. The molecular weight excluding hydrogens is 260 g/mol. The Morgan fingerprint density at radius 2 is 1.81 bits per heavy atom. The summed E-state index contributed by atoms with van der Waals surface area (Å²) in [6, 6.07) is 0.637. The Kier molecular flexibility index (Phi) is 7.34. The summed E-state index contributed by atoms with van der Waals surface area (Å²) in [5, 5.41) is 7.10. The number of hydrogen-bond acceptors (Lipinski definition) is 2. The molecular formula is C17H34N4. The summed E-state index contributed by atoms with van der Waals surface area (Å²) >= 11 is 0. The van der Waals surface area contributed by atoms with Gasteiger partial charge in [-0.15, -0.1) is 0 Å². The molecule has 0 aromatic heterocycles. The molecule has 2 rings (SSSR count). The van der Waals surface area contributed by atoms with E-state index in [4.69, 9.17) is 0 Å². The molecule has 4 heteroatoms. The molecule has 122 valence electrons. The first-order valence-electron chi connectivity index (χ1n) is 9.01. The van der Waals surface area contributed by atoms with Crippen LogP contribution in [0.1, 0.15) is 58.3 Å². The summed E-state index contributed by atoms with van der Waals surface area (Å²) in [5.74, 6) is 1.90. The fourth-order valence-electron chi connectivity index (χ4n) is 3.62. The maximum absolute atomic E-state index is 4.38. The number of rotatable bonds is 5. The molecule has 2 N–H and O–H groups in total. The van der Waals surface area contributed by atoms with Gasteiger partial charge in [0.05, 0.1) is 0 Å². The van der Waals surface area contributed by atoms with Crippen molar-refractivity contribution < 1.29 is 0 Å². The minimum Gasteiger partial charge on any atom is -0.356 e. The molecule has 1 heterocycles. The third-order valence-electron chi connectivity index (χ3n) is 5.17. The van der Waals surface area contributed by atoms with Crippen molar-refractivity contribution in [3.63, 3.8) is 0 Å². The van der Waals surface area contributed by atoms with Gasteiger partial charge in [-0.05, 0) is 57.7 Å². The van der Waals surface area contributed by atoms with Crippen molar-refractivity contribution in [1.82, 2.24) is 15.5 Å². The largest absolute Gasteiger partial charge is 0.356 e. The van der Waals surface area contributed by atoms with Gasteiger partial charge in [-0.2, -0.15) is 0 Å². The molecule has 0 bridgehead atoms. The lowest BCUT2D eigenvalue weighted by atomic mass is 9.93. The minimum atomic E-state index is 0.637. The van der Waals surface area contributed by atoms with E-state index >= 15 is 0 Å². The highest BCUT2D eigenvalue weighted by molar-refractivity contribution is 5.79. The fourth-order valence-corrected chi connectivity index (χ4v) is 3.62. The standard InChI is InChI=1S/C17H34N4/c1-3-21-13-10-15(11-14-21)9-12-19-17(18-2)20-16-7-5-4-6-8-16/h15-16H,3-14H2,1-2H3,(H2,18,19,20). The number of guanidine groups is 1. The van der Waals surface area contributed by atoms with Crippen molar-refractivity contribution in [1.29, 1.82) is 0 Å². The lowest BCUT2D eigenvalue weighted by Crippen LogP contribution is -2.45. The van der Waals surface area contributed by atoms with Gasteiger partial charge in [-0.3, -0.25) is 4.99 Å². The highest BCUT2D eigenvalue weighted by atomic mass is 15.2. The Morgan fingerprint density at radius 3 is 2.43 bits per heavy atom. The predicted molar refractivity (Wildman–Crippen MR) is 90.8 cm³/mol. The minimum absolute atomic E-state index is 0.637. The van der Waals surface area contributed by atoms with Crippen molar-refractivity contribution in [2.45, 2.75) is 64.3 Å². The first kappa shape index (κ1) is 16.6. The van der Waals surface area contributed by atoms with Gasteiger partial charge in [0.15, 0.2) is 5.96 Å². The van der Waals surface area contributed by atoms with Crippen LogP contribution in [0, 0.1) is 5.92 Å². The highest BCUT2D eigenvalue weighted by Crippen LogP contribution is 2.20. The van der Waals surface area contributed by atoms with Gasteiger partial charge in [-0.25, -0.2) is 0 Å². The van der Waals surface area contributed by atoms with Crippen LogP contribution >= 0.6 is 0 Å². The maximum atomic E-state index is 4.38. The Balaban J connectivity index is 1.60. The van der Waals surface area contributed by atoms with Crippen LogP contribution in [0.15, 0.2) is 4.99 Å². The first-order chi connectivity index (χ1) is 10.3. The van der Waals surface area contributed by atoms with Crippen LogP contribution in [0.2, 0.25) is 0 Å². The van der Waals surface area contributed by atoms with Gasteiger partial charge in [0.1, 0.15) is 0 Å². The van der Waals surface area contributed by atoms with Crippen molar-refractivity contribution in [2.75, 3.05) is 33.2 Å². The van der Waals surface area contributed by atoms with Gasteiger partial charge in [0, 0.05) is 19.6 Å². The molecule has 0 unspecified atom stereocenters. The van der Waals surface area contributed by atoms with Gasteiger partial charge < -0.3 is 15.5 Å². The lowest BCUT2D eigenvalue weighted by molar-refractivity contribution is 0.187. The second-order valence-electron chi connectivity index (χ2n) is 6.64. The average molecular weight is 294 g/mol. The third-order valence-corrected chi connectivity index (χ3v) is 5.17. The second kappa shape index (κ2) is 9.29. The van der Waals surface area contributed by atoms with Crippen molar-refractivity contribution >= 4 is 5.96 Å². The molecule has 2 fully saturated rings. The van der Waals surface area contributed by atoms with Crippen molar-refractivity contribution in [2.24, 2.45) is 10.9 Å². The zero-order valence-electron chi connectivity index (χ0n) is 14.0. The molecule has 1 aliphatic heterocycles. The maximum Gasteiger partial charge on any atom is 0.191 e. The summed E-state index contributed by atoms with van der Waals surface area (Å²) in [5.41, 5.74) is 0. The van der Waals surface area contributed by atoms with E-state index in [9.17, 15) is 0 Å². The van der Waals surface area contributed by atoms with E-state index in [2.05, 4.69) is 27.4 Å². The molecule has 0 aromatic carbocycles. The normalized spacial score (nSPS) is 23.2. The molecule has 0 spiro atoms. The molecule has 0 amide bonds. The van der Waals surface area contributed by atoms with Crippen LogP contribution < -0.4 is 10.6 Å². The second-order valence-corrected chi connectivity index (χ2v) is 6.64. The third kappa shape index (κ3) is 5.85. The van der Waals surface area contributed by atoms with E-state index in [1.54, 1.807) is 0 Å². The number of likely N-dealkylation sites (tertiary alicyclic amines) is 1. The number of nitrogens with zero attached hydrogens (tertiary/aromatic N) is 2. The molecule has 0 atom stereocenters. The Labute approximate surface area is 130 Å². The summed E-state index contributed by atoms with van der Waals surface area (Å²) in [6.07, 6.45) is 10.7. The summed E-state index contributed by atoms with van der Waals surface area (Å²) in [6.45, 7) is 7.11. The first-order valence-corrected chi connectivity index (χ1v) is 9.01. The average Bonchev–Trinajstić information content (AvgIpc) is 2.55. The zero-order chi connectivity index (χ0) is 14.9. The number of hydrogen-bond donors (Lipinski definition) is 2. The van der Waals surface area contributed by atoms with E-state index in [-0.39, 0.29) is 0 Å². The van der Waals surface area contributed by atoms with Crippen LogP contribution in [0.5, 0.6) is 0 Å². The van der Waals surface area contributed by atoms with Gasteiger partial charge in [0.2, 0.25) is 0 Å². The summed E-state index contributed by atoms with van der Waals surface area (Å²) in [7, 11) is 1.89. The van der Waals surface area contributed by atoms with Gasteiger partial charge >= 0.3 is 0 Å². The van der Waals surface area contributed by atoms with Crippen molar-refractivity contribution in [3.05, 3.63) is 0 Å². The summed E-state index contributed by atoms with van der Waals surface area (Å²) < 4.78 is 0. The monoisotopic (exact) mass is 294 g/mol. The van der Waals surface area contributed by atoms with Crippen molar-refractivity contribution in [3.8, 4) is 0 Å². The molecule has 1 saturated heterocycles. The Morgan fingerprint density at radius 1 is 1.10 bits per heavy atom. The molecule has 21 heavy (non-hydrogen) atoms. The van der Waals surface area contributed by atoms with Gasteiger partial charge in [-0.1, -0.05) is 26.2 Å². The SMILES string of the molecule is CCN1CCC(CCNC(=NC)NC2CCCCC2)CC1. The van der Waals surface area contributed by atoms with E-state index in [0.717, 1.165) is 18.4 Å². The van der Waals surface area contributed by atoms with Crippen LogP contribution in [-0.4, -0.2) is 50.1 Å². The fraction of sp³-hybridized carbons (Fsp3) is 0.941. The van der Waals surface area contributed by atoms with Crippen LogP contribution in [0.25, 0.3) is 0 Å². The Bertz CT molecular complexity index is 302. The van der Waals surface area contributed by atoms with Crippen LogP contribution in [0.4, 0.5) is 0 Å². The van der Waals surface area contributed by atoms with E-state index < -0.39 is 0 Å². The van der Waals surface area contributed by atoms with Crippen LogP contribution in [0.3, 0.4) is 0 Å². The topological polar surface area (TPSA) is 39.7 Å². The smallest absolute Gasteiger partial charge is 0.191 e. The van der Waals surface area contributed by atoms with Gasteiger partial charge in [0.25, 0.3) is 0 Å². The van der Waals surface area contributed by atoms with E-state index in [0.29, 0.717) is 6.04 Å². The molecule has 2 aliphatic rings. The van der Waals surface area contributed by atoms with E-state index in [1.165, 1.54) is 71.0 Å². The molecule has 1 saturated carbocycles. The molecule has 0 radical (unpaired) electrons. The summed E-state index contributed by atoms with van der Waals surface area (Å²) in [4.78, 5) is 6.94. The predicted octanol–water partition coefficient (Wildman–Crippen LogP) is 2.61. The van der Waals surface area contributed by atoms with E-state index in [1.807, 2.05) is 7.05 Å². The molecule has 1 aliphatic carbocycles. The lowest BCUT2D eigenvalue weighted by Gasteiger charge is -2.31. The highest BCUT2D eigenvalue weighted by Gasteiger charge is 2.18. The number of piperidine rings is 1. The molecule has 4 nitrogen and oxygen atoms in total. The molecule has 0 aromatic rings. The number of aliphatic imine (C=N–C) groups is 1.